The third kappa shape index (κ3) is 4.43. The van der Waals surface area contributed by atoms with Gasteiger partial charge in [0.15, 0.2) is 0 Å². The van der Waals surface area contributed by atoms with Crippen LogP contribution in [0.3, 0.4) is 0 Å². The number of anilines is 1. The fourth-order valence-corrected chi connectivity index (χ4v) is 2.35. The highest BCUT2D eigenvalue weighted by molar-refractivity contribution is 6.30. The Labute approximate surface area is 157 Å². The Balaban J connectivity index is 1.76. The fourth-order valence-electron chi connectivity index (χ4n) is 2.22. The molecule has 3 rings (SSSR count). The summed E-state index contributed by atoms with van der Waals surface area (Å²) in [5, 5.41) is 14.8. The SMILES string of the molecule is CC(C(=O)Nc1ccc(Cl)cc1)n1nnc(-c2cccc(C(F)(F)F)c2)n1. The van der Waals surface area contributed by atoms with E-state index in [1.807, 2.05) is 0 Å². The standard InChI is InChI=1S/C17H13ClF3N5O/c1-10(16(27)22-14-7-5-13(18)6-8-14)26-24-15(23-25-26)11-3-2-4-12(9-11)17(19,20)21/h2-10H,1H3,(H,22,27). The molecular formula is C17H13ClF3N5O. The van der Waals surface area contributed by atoms with Gasteiger partial charge < -0.3 is 5.32 Å². The molecule has 6 nitrogen and oxygen atoms in total. The van der Waals surface area contributed by atoms with Crippen LogP contribution in [0.4, 0.5) is 18.9 Å². The summed E-state index contributed by atoms with van der Waals surface area (Å²) in [6.45, 7) is 1.54. The molecule has 1 atom stereocenters. The minimum atomic E-state index is -4.47. The van der Waals surface area contributed by atoms with Gasteiger partial charge in [-0.15, -0.1) is 10.2 Å². The van der Waals surface area contributed by atoms with Crippen LogP contribution in [0.5, 0.6) is 0 Å². The number of hydrogen-bond donors (Lipinski definition) is 1. The second-order valence-corrected chi connectivity index (χ2v) is 6.12. The summed E-state index contributed by atoms with van der Waals surface area (Å²) in [5.74, 6) is -0.419. The number of carbonyl (C=O) groups is 1. The van der Waals surface area contributed by atoms with E-state index in [1.54, 1.807) is 31.2 Å². The molecule has 1 unspecified atom stereocenters. The molecule has 0 spiro atoms. The summed E-state index contributed by atoms with van der Waals surface area (Å²) < 4.78 is 38.5. The van der Waals surface area contributed by atoms with Crippen molar-refractivity contribution in [3.63, 3.8) is 0 Å². The predicted octanol–water partition coefficient (Wildman–Crippen LogP) is 4.21. The van der Waals surface area contributed by atoms with Gasteiger partial charge in [0.05, 0.1) is 5.56 Å². The van der Waals surface area contributed by atoms with Gasteiger partial charge in [-0.2, -0.15) is 18.0 Å². The van der Waals surface area contributed by atoms with Crippen LogP contribution in [0, 0.1) is 0 Å². The highest BCUT2D eigenvalue weighted by atomic mass is 35.5. The Kier molecular flexibility index (Phi) is 5.13. The number of nitrogens with zero attached hydrogens (tertiary/aromatic N) is 4. The van der Waals surface area contributed by atoms with Gasteiger partial charge in [-0.1, -0.05) is 23.7 Å². The normalized spacial score (nSPS) is 12.6. The molecule has 1 N–H and O–H groups in total. The quantitative estimate of drug-likeness (QED) is 0.718. The molecular weight excluding hydrogens is 383 g/mol. The van der Waals surface area contributed by atoms with E-state index in [9.17, 15) is 18.0 Å². The largest absolute Gasteiger partial charge is 0.416 e. The Bertz CT molecular complexity index is 956. The fraction of sp³-hybridized carbons (Fsp3) is 0.176. The van der Waals surface area contributed by atoms with Crippen molar-refractivity contribution in [3.05, 3.63) is 59.1 Å². The minimum absolute atomic E-state index is 0.00718. The topological polar surface area (TPSA) is 72.7 Å². The molecule has 0 aliphatic rings. The summed E-state index contributed by atoms with van der Waals surface area (Å²) in [4.78, 5) is 13.4. The molecule has 0 radical (unpaired) electrons. The Morgan fingerprint density at radius 3 is 2.56 bits per heavy atom. The molecule has 0 bridgehead atoms. The zero-order valence-corrected chi connectivity index (χ0v) is 14.7. The lowest BCUT2D eigenvalue weighted by molar-refractivity contribution is -0.137. The molecule has 2 aromatic carbocycles. The lowest BCUT2D eigenvalue weighted by Gasteiger charge is -2.10. The van der Waals surface area contributed by atoms with Gasteiger partial charge in [0.2, 0.25) is 5.82 Å². The van der Waals surface area contributed by atoms with Gasteiger partial charge in [-0.25, -0.2) is 0 Å². The predicted molar refractivity (Wildman–Crippen MR) is 93.0 cm³/mol. The van der Waals surface area contributed by atoms with Crippen LogP contribution < -0.4 is 5.32 Å². The molecule has 3 aromatic rings. The van der Waals surface area contributed by atoms with Crippen LogP contribution in [0.2, 0.25) is 5.02 Å². The van der Waals surface area contributed by atoms with Gasteiger partial charge in [0.25, 0.3) is 5.91 Å². The highest BCUT2D eigenvalue weighted by Crippen LogP contribution is 2.31. The van der Waals surface area contributed by atoms with Gasteiger partial charge in [-0.3, -0.25) is 4.79 Å². The first-order valence-electron chi connectivity index (χ1n) is 7.77. The van der Waals surface area contributed by atoms with Crippen LogP contribution in [0.15, 0.2) is 48.5 Å². The van der Waals surface area contributed by atoms with E-state index < -0.39 is 23.7 Å². The van der Waals surface area contributed by atoms with Gasteiger partial charge in [0, 0.05) is 16.3 Å². The van der Waals surface area contributed by atoms with Crippen LogP contribution in [0.25, 0.3) is 11.4 Å². The lowest BCUT2D eigenvalue weighted by Crippen LogP contribution is -2.25. The average molecular weight is 396 g/mol. The maximum absolute atomic E-state index is 12.8. The van der Waals surface area contributed by atoms with Crippen molar-refractivity contribution >= 4 is 23.2 Å². The minimum Gasteiger partial charge on any atom is -0.324 e. The first-order chi connectivity index (χ1) is 12.7. The number of halogens is 4. The van der Waals surface area contributed by atoms with Crippen molar-refractivity contribution in [2.45, 2.75) is 19.1 Å². The Morgan fingerprint density at radius 2 is 1.89 bits per heavy atom. The maximum Gasteiger partial charge on any atom is 0.416 e. The van der Waals surface area contributed by atoms with Crippen molar-refractivity contribution in [1.82, 2.24) is 20.2 Å². The average Bonchev–Trinajstić information content (AvgIpc) is 3.12. The van der Waals surface area contributed by atoms with Crippen molar-refractivity contribution in [2.75, 3.05) is 5.32 Å². The summed E-state index contributed by atoms with van der Waals surface area (Å²) in [7, 11) is 0. The Morgan fingerprint density at radius 1 is 1.19 bits per heavy atom. The van der Waals surface area contributed by atoms with E-state index >= 15 is 0 Å². The maximum atomic E-state index is 12.8. The number of amides is 1. The van der Waals surface area contributed by atoms with Crippen molar-refractivity contribution in [2.24, 2.45) is 0 Å². The number of carbonyl (C=O) groups excluding carboxylic acids is 1. The second kappa shape index (κ2) is 7.36. The third-order valence-corrected chi connectivity index (χ3v) is 3.97. The molecule has 140 valence electrons. The molecule has 0 aliphatic carbocycles. The number of benzene rings is 2. The second-order valence-electron chi connectivity index (χ2n) is 5.68. The molecule has 1 heterocycles. The first kappa shape index (κ1) is 18.8. The molecule has 0 aliphatic heterocycles. The van der Waals surface area contributed by atoms with Crippen LogP contribution in [0.1, 0.15) is 18.5 Å². The smallest absolute Gasteiger partial charge is 0.324 e. The van der Waals surface area contributed by atoms with E-state index in [0.717, 1.165) is 16.9 Å². The monoisotopic (exact) mass is 395 g/mol. The lowest BCUT2D eigenvalue weighted by atomic mass is 10.1. The third-order valence-electron chi connectivity index (χ3n) is 3.71. The van der Waals surface area contributed by atoms with Gasteiger partial charge in [0.1, 0.15) is 6.04 Å². The number of aromatic nitrogens is 4. The summed E-state index contributed by atoms with van der Waals surface area (Å²) in [5.41, 5.74) is -0.124. The van der Waals surface area contributed by atoms with E-state index in [4.69, 9.17) is 11.6 Å². The molecule has 1 amide bonds. The first-order valence-corrected chi connectivity index (χ1v) is 8.15. The molecule has 27 heavy (non-hydrogen) atoms. The summed E-state index contributed by atoms with van der Waals surface area (Å²) >= 11 is 5.79. The van der Waals surface area contributed by atoms with E-state index in [2.05, 4.69) is 20.7 Å². The summed E-state index contributed by atoms with van der Waals surface area (Å²) in [6, 6.07) is 10.3. The van der Waals surface area contributed by atoms with Gasteiger partial charge >= 0.3 is 6.18 Å². The molecule has 1 aromatic heterocycles. The van der Waals surface area contributed by atoms with Crippen molar-refractivity contribution in [3.8, 4) is 11.4 Å². The zero-order chi connectivity index (χ0) is 19.6. The molecule has 0 saturated heterocycles. The molecule has 0 saturated carbocycles. The van der Waals surface area contributed by atoms with Crippen molar-refractivity contribution in [1.29, 1.82) is 0 Å². The van der Waals surface area contributed by atoms with Gasteiger partial charge in [-0.05, 0) is 48.5 Å². The van der Waals surface area contributed by atoms with Crippen LogP contribution in [-0.2, 0) is 11.0 Å². The van der Waals surface area contributed by atoms with E-state index in [-0.39, 0.29) is 11.4 Å². The number of hydrogen-bond acceptors (Lipinski definition) is 4. The zero-order valence-electron chi connectivity index (χ0n) is 13.9. The van der Waals surface area contributed by atoms with Crippen molar-refractivity contribution < 1.29 is 18.0 Å². The van der Waals surface area contributed by atoms with E-state index in [1.165, 1.54) is 12.1 Å². The number of rotatable bonds is 4. The molecule has 10 heteroatoms. The van der Waals surface area contributed by atoms with E-state index in [0.29, 0.717) is 10.7 Å². The highest BCUT2D eigenvalue weighted by Gasteiger charge is 2.31. The van der Waals surface area contributed by atoms with Crippen LogP contribution in [-0.4, -0.2) is 26.1 Å². The van der Waals surface area contributed by atoms with Crippen LogP contribution >= 0.6 is 11.6 Å². The Hall–Kier alpha value is -2.94. The summed E-state index contributed by atoms with van der Waals surface area (Å²) in [6.07, 6.45) is -4.47. The number of tetrazole rings is 1. The number of nitrogens with one attached hydrogen (secondary N) is 1. The molecule has 0 fully saturated rings. The number of alkyl halides is 3.